The monoisotopic (exact) mass is 227 g/mol. The van der Waals surface area contributed by atoms with E-state index in [0.717, 1.165) is 18.0 Å². The lowest BCUT2D eigenvalue weighted by Crippen LogP contribution is -2.07. The van der Waals surface area contributed by atoms with Gasteiger partial charge in [-0.3, -0.25) is 0 Å². The molecule has 0 bridgehead atoms. The van der Waals surface area contributed by atoms with Crippen LogP contribution < -0.4 is 10.1 Å². The van der Waals surface area contributed by atoms with E-state index in [2.05, 4.69) is 32.2 Å². The lowest BCUT2D eigenvalue weighted by Gasteiger charge is -2.17. The van der Waals surface area contributed by atoms with Crippen molar-refractivity contribution in [3.8, 4) is 5.75 Å². The molecule has 15 heavy (non-hydrogen) atoms. The maximum Gasteiger partial charge on any atom is 0.145 e. The molecule has 1 aromatic carbocycles. The third kappa shape index (κ3) is 2.57. The van der Waals surface area contributed by atoms with Crippen LogP contribution in [0.2, 0.25) is 0 Å². The number of anilines is 1. The molecule has 0 saturated carbocycles. The molecule has 0 heterocycles. The minimum Gasteiger partial charge on any atom is -0.494 e. The summed E-state index contributed by atoms with van der Waals surface area (Å²) in [5.41, 5.74) is 4.68. The van der Waals surface area contributed by atoms with Crippen LogP contribution in [0.4, 0.5) is 5.69 Å². The first-order valence-corrected chi connectivity index (χ1v) is 5.60. The van der Waals surface area contributed by atoms with E-state index in [0.29, 0.717) is 5.88 Å². The molecule has 0 atom stereocenters. The topological polar surface area (TPSA) is 21.3 Å². The Morgan fingerprint density at radius 1 is 1.27 bits per heavy atom. The number of aryl methyl sites for hydroxylation is 2. The van der Waals surface area contributed by atoms with E-state index in [-0.39, 0.29) is 0 Å². The molecule has 1 rings (SSSR count). The first-order chi connectivity index (χ1) is 7.11. The molecule has 0 spiro atoms. The Labute approximate surface area is 96.6 Å². The van der Waals surface area contributed by atoms with Gasteiger partial charge < -0.3 is 10.1 Å². The van der Waals surface area contributed by atoms with Crippen LogP contribution >= 0.6 is 11.6 Å². The zero-order valence-electron chi connectivity index (χ0n) is 9.78. The highest BCUT2D eigenvalue weighted by Crippen LogP contribution is 2.33. The van der Waals surface area contributed by atoms with Gasteiger partial charge in [-0.25, -0.2) is 0 Å². The van der Waals surface area contributed by atoms with Crippen molar-refractivity contribution in [2.24, 2.45) is 0 Å². The molecule has 3 heteroatoms. The van der Waals surface area contributed by atoms with Crippen LogP contribution in [0.15, 0.2) is 6.07 Å². The highest BCUT2D eigenvalue weighted by Gasteiger charge is 2.11. The second-order valence-corrected chi connectivity index (χ2v) is 4.04. The number of benzene rings is 1. The highest BCUT2D eigenvalue weighted by molar-refractivity contribution is 6.18. The van der Waals surface area contributed by atoms with Gasteiger partial charge in [-0.05, 0) is 37.5 Å². The second-order valence-electron chi connectivity index (χ2n) is 3.66. The van der Waals surface area contributed by atoms with Crippen molar-refractivity contribution < 1.29 is 4.74 Å². The Hall–Kier alpha value is -0.890. The van der Waals surface area contributed by atoms with Gasteiger partial charge in [0.1, 0.15) is 5.75 Å². The molecule has 0 saturated heterocycles. The SMILES string of the molecule is COc1c(C)c(C)cc(C)c1NCCCl. The highest BCUT2D eigenvalue weighted by atomic mass is 35.5. The van der Waals surface area contributed by atoms with Gasteiger partial charge in [0.05, 0.1) is 12.8 Å². The fourth-order valence-corrected chi connectivity index (χ4v) is 1.79. The first kappa shape index (κ1) is 12.2. The van der Waals surface area contributed by atoms with Gasteiger partial charge >= 0.3 is 0 Å². The maximum absolute atomic E-state index is 5.67. The number of hydrogen-bond acceptors (Lipinski definition) is 2. The molecule has 84 valence electrons. The fourth-order valence-electron chi connectivity index (χ4n) is 1.70. The summed E-state index contributed by atoms with van der Waals surface area (Å²) in [5, 5.41) is 3.29. The zero-order chi connectivity index (χ0) is 11.4. The Morgan fingerprint density at radius 3 is 2.47 bits per heavy atom. The molecular formula is C12H18ClNO. The quantitative estimate of drug-likeness (QED) is 0.798. The van der Waals surface area contributed by atoms with Gasteiger partial charge in [0, 0.05) is 12.4 Å². The molecule has 1 N–H and O–H groups in total. The molecule has 0 unspecified atom stereocenters. The summed E-state index contributed by atoms with van der Waals surface area (Å²) in [7, 11) is 1.70. The summed E-state index contributed by atoms with van der Waals surface area (Å²) in [6, 6.07) is 2.16. The van der Waals surface area contributed by atoms with Gasteiger partial charge in [0.15, 0.2) is 0 Å². The van der Waals surface area contributed by atoms with Crippen LogP contribution in [0.3, 0.4) is 0 Å². The van der Waals surface area contributed by atoms with E-state index in [1.54, 1.807) is 7.11 Å². The van der Waals surface area contributed by atoms with Crippen molar-refractivity contribution in [3.63, 3.8) is 0 Å². The Morgan fingerprint density at radius 2 is 1.93 bits per heavy atom. The molecule has 0 radical (unpaired) electrons. The molecular weight excluding hydrogens is 210 g/mol. The molecule has 0 amide bonds. The van der Waals surface area contributed by atoms with Crippen LogP contribution in [0.1, 0.15) is 16.7 Å². The number of alkyl halides is 1. The van der Waals surface area contributed by atoms with E-state index in [1.807, 2.05) is 0 Å². The number of ether oxygens (including phenoxy) is 1. The molecule has 1 aromatic rings. The average Bonchev–Trinajstić information content (AvgIpc) is 2.21. The lowest BCUT2D eigenvalue weighted by atomic mass is 10.0. The Balaban J connectivity index is 3.16. The van der Waals surface area contributed by atoms with Gasteiger partial charge in [-0.2, -0.15) is 0 Å². The summed E-state index contributed by atoms with van der Waals surface area (Å²) < 4.78 is 5.43. The third-order valence-electron chi connectivity index (χ3n) is 2.59. The van der Waals surface area contributed by atoms with E-state index in [9.17, 15) is 0 Å². The van der Waals surface area contributed by atoms with Crippen LogP contribution in [0.25, 0.3) is 0 Å². The molecule has 0 aliphatic rings. The number of nitrogens with one attached hydrogen (secondary N) is 1. The minimum absolute atomic E-state index is 0.593. The third-order valence-corrected chi connectivity index (χ3v) is 2.78. The van der Waals surface area contributed by atoms with E-state index in [4.69, 9.17) is 16.3 Å². The smallest absolute Gasteiger partial charge is 0.145 e. The number of rotatable bonds is 4. The van der Waals surface area contributed by atoms with Gasteiger partial charge in [-0.15, -0.1) is 11.6 Å². The summed E-state index contributed by atoms with van der Waals surface area (Å²) in [6.45, 7) is 6.99. The van der Waals surface area contributed by atoms with Crippen LogP contribution in [-0.4, -0.2) is 19.5 Å². The lowest BCUT2D eigenvalue weighted by molar-refractivity contribution is 0.413. The average molecular weight is 228 g/mol. The molecule has 0 aliphatic carbocycles. The zero-order valence-corrected chi connectivity index (χ0v) is 10.5. The fraction of sp³-hybridized carbons (Fsp3) is 0.500. The van der Waals surface area contributed by atoms with Crippen molar-refractivity contribution in [1.29, 1.82) is 0 Å². The summed E-state index contributed by atoms with van der Waals surface area (Å²) in [4.78, 5) is 0. The molecule has 0 aromatic heterocycles. The Kier molecular flexibility index (Phi) is 4.28. The van der Waals surface area contributed by atoms with E-state index >= 15 is 0 Å². The predicted molar refractivity (Wildman–Crippen MR) is 66.4 cm³/mol. The first-order valence-electron chi connectivity index (χ1n) is 5.06. The van der Waals surface area contributed by atoms with Crippen molar-refractivity contribution in [1.82, 2.24) is 0 Å². The predicted octanol–water partition coefficient (Wildman–Crippen LogP) is 3.27. The van der Waals surface area contributed by atoms with Gasteiger partial charge in [0.2, 0.25) is 0 Å². The van der Waals surface area contributed by atoms with Crippen LogP contribution in [-0.2, 0) is 0 Å². The molecule has 0 fully saturated rings. The summed E-state index contributed by atoms with van der Waals surface area (Å²) in [5.74, 6) is 1.52. The second kappa shape index (κ2) is 5.26. The van der Waals surface area contributed by atoms with Gasteiger partial charge in [0.25, 0.3) is 0 Å². The normalized spacial score (nSPS) is 10.2. The maximum atomic E-state index is 5.67. The standard InChI is InChI=1S/C12H18ClNO/c1-8-7-9(2)11(14-6-5-13)12(15-4)10(8)3/h7,14H,5-6H2,1-4H3. The van der Waals surface area contributed by atoms with Gasteiger partial charge in [-0.1, -0.05) is 6.07 Å². The van der Waals surface area contributed by atoms with E-state index in [1.165, 1.54) is 16.7 Å². The minimum atomic E-state index is 0.593. The van der Waals surface area contributed by atoms with E-state index < -0.39 is 0 Å². The van der Waals surface area contributed by atoms with Crippen LogP contribution in [0.5, 0.6) is 5.75 Å². The summed E-state index contributed by atoms with van der Waals surface area (Å²) in [6.07, 6.45) is 0. The van der Waals surface area contributed by atoms with Crippen molar-refractivity contribution >= 4 is 17.3 Å². The number of methoxy groups -OCH3 is 1. The molecule has 0 aliphatic heterocycles. The van der Waals surface area contributed by atoms with Crippen molar-refractivity contribution in [2.45, 2.75) is 20.8 Å². The van der Waals surface area contributed by atoms with Crippen molar-refractivity contribution in [2.75, 3.05) is 24.9 Å². The van der Waals surface area contributed by atoms with Crippen molar-refractivity contribution in [3.05, 3.63) is 22.8 Å². The molecule has 2 nitrogen and oxygen atoms in total. The van der Waals surface area contributed by atoms with Crippen LogP contribution in [0, 0.1) is 20.8 Å². The Bertz CT molecular complexity index is 350. The number of hydrogen-bond donors (Lipinski definition) is 1. The largest absolute Gasteiger partial charge is 0.494 e. The summed E-state index contributed by atoms with van der Waals surface area (Å²) >= 11 is 5.67. The number of halogens is 1.